The van der Waals surface area contributed by atoms with Crippen LogP contribution in [0.1, 0.15) is 50.9 Å². The Kier molecular flexibility index (Phi) is 7.97. The number of para-hydroxylation sites is 4. The third-order valence-corrected chi connectivity index (χ3v) is 13.7. The number of nitrogens with zero attached hydrogens (tertiary/aromatic N) is 4. The SMILES string of the molecule is CC12CCC(c3nc4c(-c5ccc(N(c6ccccc6)c6ccccc6)cc5)sc(-c5ccc(N(c6ccccc6)c6ccccc6)cc5)c4nc31)C2(C)C. The zero-order chi connectivity index (χ0) is 37.1. The Hall–Kier alpha value is -6.04. The number of hydrogen-bond acceptors (Lipinski definition) is 5. The van der Waals surface area contributed by atoms with Crippen LogP contribution in [0.3, 0.4) is 0 Å². The summed E-state index contributed by atoms with van der Waals surface area (Å²) < 4.78 is 0. The van der Waals surface area contributed by atoms with Crippen molar-refractivity contribution in [2.75, 3.05) is 9.80 Å². The monoisotopic (exact) mass is 730 g/mol. The molecule has 0 aliphatic heterocycles. The van der Waals surface area contributed by atoms with Gasteiger partial charge in [0.15, 0.2) is 0 Å². The number of fused-ring (bicyclic) bond motifs is 6. The highest BCUT2D eigenvalue weighted by molar-refractivity contribution is 7.20. The fourth-order valence-corrected chi connectivity index (χ4v) is 10.3. The fraction of sp³-hybridized carbons (Fsp3) is 0.160. The van der Waals surface area contributed by atoms with Crippen molar-refractivity contribution in [2.24, 2.45) is 5.41 Å². The maximum absolute atomic E-state index is 5.64. The van der Waals surface area contributed by atoms with Crippen molar-refractivity contribution in [3.63, 3.8) is 0 Å². The molecule has 10 rings (SSSR count). The van der Waals surface area contributed by atoms with E-state index >= 15 is 0 Å². The number of hydrogen-bond donors (Lipinski definition) is 0. The van der Waals surface area contributed by atoms with Gasteiger partial charge in [-0.25, -0.2) is 9.97 Å². The summed E-state index contributed by atoms with van der Waals surface area (Å²) in [4.78, 5) is 18.2. The predicted octanol–water partition coefficient (Wildman–Crippen LogP) is 14.1. The molecule has 6 aromatic carbocycles. The zero-order valence-electron chi connectivity index (χ0n) is 31.4. The van der Waals surface area contributed by atoms with Crippen molar-refractivity contribution >= 4 is 56.5 Å². The fourth-order valence-electron chi connectivity index (χ4n) is 9.13. The Labute approximate surface area is 327 Å². The first-order chi connectivity index (χ1) is 26.9. The van der Waals surface area contributed by atoms with E-state index in [1.807, 2.05) is 11.3 Å². The maximum Gasteiger partial charge on any atom is 0.108 e. The molecule has 1 saturated carbocycles. The molecule has 55 heavy (non-hydrogen) atoms. The van der Waals surface area contributed by atoms with Crippen molar-refractivity contribution in [3.05, 3.63) is 181 Å². The quantitative estimate of drug-likeness (QED) is 0.156. The van der Waals surface area contributed by atoms with Crippen LogP contribution in [0.25, 0.3) is 31.9 Å². The second-order valence-electron chi connectivity index (χ2n) is 15.7. The Bertz CT molecular complexity index is 2540. The number of thiophene rings is 1. The minimum absolute atomic E-state index is 0.0171. The molecule has 1 fully saturated rings. The molecule has 268 valence electrons. The van der Waals surface area contributed by atoms with Crippen LogP contribution in [0.15, 0.2) is 170 Å². The van der Waals surface area contributed by atoms with E-state index in [-0.39, 0.29) is 10.8 Å². The number of rotatable bonds is 8. The predicted molar refractivity (Wildman–Crippen MR) is 231 cm³/mol. The zero-order valence-corrected chi connectivity index (χ0v) is 32.2. The van der Waals surface area contributed by atoms with Gasteiger partial charge in [0.25, 0.3) is 0 Å². The Morgan fingerprint density at radius 3 is 1.24 bits per heavy atom. The molecule has 2 unspecified atom stereocenters. The third-order valence-electron chi connectivity index (χ3n) is 12.5. The van der Waals surface area contributed by atoms with E-state index in [9.17, 15) is 0 Å². The van der Waals surface area contributed by atoms with Crippen LogP contribution in [0.5, 0.6) is 0 Å². The molecule has 2 aliphatic rings. The molecular weight excluding hydrogens is 689 g/mol. The second kappa shape index (κ2) is 13.1. The van der Waals surface area contributed by atoms with Gasteiger partial charge in [0.1, 0.15) is 11.0 Å². The Morgan fingerprint density at radius 1 is 0.473 bits per heavy atom. The molecule has 2 heterocycles. The van der Waals surface area contributed by atoms with Gasteiger partial charge < -0.3 is 9.80 Å². The van der Waals surface area contributed by atoms with Gasteiger partial charge in [0.2, 0.25) is 0 Å². The Morgan fingerprint density at radius 2 is 0.836 bits per heavy atom. The van der Waals surface area contributed by atoms with Crippen molar-refractivity contribution in [1.82, 2.24) is 9.97 Å². The minimum atomic E-state index is 0.0171. The third kappa shape index (κ3) is 5.40. The molecule has 0 amide bonds. The highest BCUT2D eigenvalue weighted by Gasteiger charge is 2.61. The van der Waals surface area contributed by atoms with E-state index in [1.165, 1.54) is 27.6 Å². The molecule has 2 aromatic heterocycles. The van der Waals surface area contributed by atoms with Crippen LogP contribution < -0.4 is 9.80 Å². The number of aromatic nitrogens is 2. The first-order valence-corrected chi connectivity index (χ1v) is 20.1. The highest BCUT2D eigenvalue weighted by atomic mass is 32.1. The molecule has 8 aromatic rings. The summed E-state index contributed by atoms with van der Waals surface area (Å²) in [7, 11) is 0. The summed E-state index contributed by atoms with van der Waals surface area (Å²) in [6, 6.07) is 60.3. The van der Waals surface area contributed by atoms with E-state index in [0.29, 0.717) is 5.92 Å². The van der Waals surface area contributed by atoms with Crippen molar-refractivity contribution in [1.29, 1.82) is 0 Å². The lowest BCUT2D eigenvalue weighted by Gasteiger charge is -2.34. The largest absolute Gasteiger partial charge is 0.311 e. The summed E-state index contributed by atoms with van der Waals surface area (Å²) in [5.74, 6) is 0.425. The standard InChI is InChI=1S/C50H42N4S/c1-49(2)42-32-33-50(49,3)48-43(42)51-44-45(52-48)47(35-26-30-41(31-27-35)54(38-20-12-6-13-21-38)39-22-14-7-15-23-39)55-46(44)34-24-28-40(29-25-34)53(36-16-8-4-9-17-36)37-18-10-5-11-19-37/h4-31,42H,32-33H2,1-3H3. The first kappa shape index (κ1) is 33.5. The van der Waals surface area contributed by atoms with Gasteiger partial charge in [-0.1, -0.05) is 118 Å². The summed E-state index contributed by atoms with van der Waals surface area (Å²) in [6.45, 7) is 7.28. The van der Waals surface area contributed by atoms with Gasteiger partial charge in [-0.2, -0.15) is 0 Å². The van der Waals surface area contributed by atoms with Gasteiger partial charge in [0, 0.05) is 45.5 Å². The molecular formula is C50H42N4S. The summed E-state index contributed by atoms with van der Waals surface area (Å²) >= 11 is 1.81. The van der Waals surface area contributed by atoms with Crippen LogP contribution in [0.2, 0.25) is 0 Å². The van der Waals surface area contributed by atoms with Crippen molar-refractivity contribution < 1.29 is 0 Å². The molecule has 2 aliphatic carbocycles. The lowest BCUT2D eigenvalue weighted by Crippen LogP contribution is -2.31. The van der Waals surface area contributed by atoms with Crippen LogP contribution in [-0.2, 0) is 5.41 Å². The molecule has 5 heteroatoms. The lowest BCUT2D eigenvalue weighted by molar-refractivity contribution is 0.227. The van der Waals surface area contributed by atoms with Gasteiger partial charge in [-0.05, 0) is 102 Å². The topological polar surface area (TPSA) is 32.3 Å². The molecule has 2 bridgehead atoms. The highest BCUT2D eigenvalue weighted by Crippen LogP contribution is 2.67. The maximum atomic E-state index is 5.64. The van der Waals surface area contributed by atoms with Gasteiger partial charge in [-0.15, -0.1) is 11.3 Å². The van der Waals surface area contributed by atoms with E-state index in [1.54, 1.807) is 0 Å². The van der Waals surface area contributed by atoms with Gasteiger partial charge in [-0.3, -0.25) is 0 Å². The van der Waals surface area contributed by atoms with E-state index < -0.39 is 0 Å². The molecule has 0 N–H and O–H groups in total. The van der Waals surface area contributed by atoms with E-state index in [0.717, 1.165) is 62.7 Å². The summed E-state index contributed by atoms with van der Waals surface area (Å²) in [5, 5.41) is 0. The summed E-state index contributed by atoms with van der Waals surface area (Å²) in [5.41, 5.74) is 13.6. The van der Waals surface area contributed by atoms with Crippen LogP contribution >= 0.6 is 11.3 Å². The molecule has 2 atom stereocenters. The van der Waals surface area contributed by atoms with Crippen LogP contribution in [0, 0.1) is 5.41 Å². The average Bonchev–Trinajstić information content (AvgIpc) is 3.78. The minimum Gasteiger partial charge on any atom is -0.311 e. The van der Waals surface area contributed by atoms with Crippen LogP contribution in [-0.4, -0.2) is 9.97 Å². The molecule has 4 nitrogen and oxygen atoms in total. The normalized spacial score (nSPS) is 18.0. The summed E-state index contributed by atoms with van der Waals surface area (Å²) in [6.07, 6.45) is 2.34. The Balaban J connectivity index is 1.10. The number of benzene rings is 6. The lowest BCUT2D eigenvalue weighted by atomic mass is 9.70. The van der Waals surface area contributed by atoms with Crippen molar-refractivity contribution in [3.8, 4) is 20.9 Å². The molecule has 0 radical (unpaired) electrons. The van der Waals surface area contributed by atoms with Crippen LogP contribution in [0.4, 0.5) is 34.1 Å². The second-order valence-corrected chi connectivity index (χ2v) is 16.7. The molecule has 0 saturated heterocycles. The van der Waals surface area contributed by atoms with E-state index in [4.69, 9.17) is 9.97 Å². The average molecular weight is 731 g/mol. The van der Waals surface area contributed by atoms with Gasteiger partial charge >= 0.3 is 0 Å². The first-order valence-electron chi connectivity index (χ1n) is 19.3. The number of anilines is 6. The smallest absolute Gasteiger partial charge is 0.108 e. The molecule has 0 spiro atoms. The van der Waals surface area contributed by atoms with Crippen molar-refractivity contribution in [2.45, 2.75) is 44.9 Å². The van der Waals surface area contributed by atoms with Gasteiger partial charge in [0.05, 0.1) is 21.1 Å². The van der Waals surface area contributed by atoms with E-state index in [2.05, 4.69) is 200 Å².